The van der Waals surface area contributed by atoms with Crippen LogP contribution in [0.5, 0.6) is 0 Å². The predicted molar refractivity (Wildman–Crippen MR) is 94.7 cm³/mol. The summed E-state index contributed by atoms with van der Waals surface area (Å²) in [6, 6.07) is 17.4. The van der Waals surface area contributed by atoms with Gasteiger partial charge in [-0.25, -0.2) is 0 Å². The SMILES string of the molecule is Cc1nnnn1-c1ccc(C(=O)N2COCCC2c2ccccc2)cc1. The number of aryl methyl sites for hydroxylation is 1. The Balaban J connectivity index is 1.58. The summed E-state index contributed by atoms with van der Waals surface area (Å²) < 4.78 is 7.18. The number of benzene rings is 2. The molecular formula is C19H19N5O2. The molecule has 1 amide bonds. The van der Waals surface area contributed by atoms with Crippen LogP contribution < -0.4 is 0 Å². The average molecular weight is 349 g/mol. The fourth-order valence-corrected chi connectivity index (χ4v) is 3.21. The molecule has 7 heteroatoms. The summed E-state index contributed by atoms with van der Waals surface area (Å²) in [7, 11) is 0. The van der Waals surface area contributed by atoms with Crippen molar-refractivity contribution in [2.45, 2.75) is 19.4 Å². The highest BCUT2D eigenvalue weighted by molar-refractivity contribution is 5.94. The van der Waals surface area contributed by atoms with E-state index in [9.17, 15) is 4.79 Å². The molecule has 1 atom stereocenters. The van der Waals surface area contributed by atoms with E-state index in [2.05, 4.69) is 27.7 Å². The smallest absolute Gasteiger partial charge is 0.256 e. The van der Waals surface area contributed by atoms with Crippen LogP contribution in [0.25, 0.3) is 5.69 Å². The summed E-state index contributed by atoms with van der Waals surface area (Å²) in [6.07, 6.45) is 0.789. The van der Waals surface area contributed by atoms with Crippen molar-refractivity contribution in [3.63, 3.8) is 0 Å². The molecule has 4 rings (SSSR count). The highest BCUT2D eigenvalue weighted by atomic mass is 16.5. The fourth-order valence-electron chi connectivity index (χ4n) is 3.21. The van der Waals surface area contributed by atoms with Gasteiger partial charge >= 0.3 is 0 Å². The zero-order valence-corrected chi connectivity index (χ0v) is 14.4. The number of carbonyl (C=O) groups is 1. The molecule has 0 bridgehead atoms. The van der Waals surface area contributed by atoms with Crippen molar-refractivity contribution < 1.29 is 9.53 Å². The van der Waals surface area contributed by atoms with Crippen LogP contribution in [0, 0.1) is 6.92 Å². The molecule has 0 N–H and O–H groups in total. The lowest BCUT2D eigenvalue weighted by Crippen LogP contribution is -2.40. The molecule has 26 heavy (non-hydrogen) atoms. The summed E-state index contributed by atoms with van der Waals surface area (Å²) in [5, 5.41) is 11.5. The number of nitrogens with zero attached hydrogens (tertiary/aromatic N) is 5. The van der Waals surface area contributed by atoms with Crippen molar-refractivity contribution >= 4 is 5.91 Å². The molecule has 3 aromatic rings. The van der Waals surface area contributed by atoms with Gasteiger partial charge in [0.15, 0.2) is 5.82 Å². The number of ether oxygens (including phenoxy) is 1. The van der Waals surface area contributed by atoms with E-state index in [4.69, 9.17) is 4.74 Å². The normalized spacial score (nSPS) is 17.3. The van der Waals surface area contributed by atoms with E-state index in [-0.39, 0.29) is 11.9 Å². The second kappa shape index (κ2) is 7.05. The van der Waals surface area contributed by atoms with Gasteiger partial charge in [0.05, 0.1) is 18.3 Å². The van der Waals surface area contributed by atoms with Gasteiger partial charge in [0.2, 0.25) is 0 Å². The Morgan fingerprint density at radius 1 is 1.12 bits per heavy atom. The van der Waals surface area contributed by atoms with Gasteiger partial charge in [0.25, 0.3) is 5.91 Å². The van der Waals surface area contributed by atoms with Gasteiger partial charge in [-0.15, -0.1) is 5.10 Å². The Morgan fingerprint density at radius 2 is 1.88 bits per heavy atom. The largest absolute Gasteiger partial charge is 0.361 e. The Morgan fingerprint density at radius 3 is 2.58 bits per heavy atom. The lowest BCUT2D eigenvalue weighted by Gasteiger charge is -2.36. The van der Waals surface area contributed by atoms with Crippen molar-refractivity contribution in [1.29, 1.82) is 0 Å². The van der Waals surface area contributed by atoms with E-state index >= 15 is 0 Å². The number of carbonyl (C=O) groups excluding carboxylic acids is 1. The first-order chi connectivity index (χ1) is 12.7. The first kappa shape index (κ1) is 16.4. The molecule has 7 nitrogen and oxygen atoms in total. The van der Waals surface area contributed by atoms with Crippen LogP contribution in [0.2, 0.25) is 0 Å². The third-order valence-electron chi connectivity index (χ3n) is 4.57. The maximum atomic E-state index is 13.0. The van der Waals surface area contributed by atoms with Crippen LogP contribution in [0.1, 0.15) is 34.2 Å². The van der Waals surface area contributed by atoms with Gasteiger partial charge in [0.1, 0.15) is 6.73 Å². The monoisotopic (exact) mass is 349 g/mol. The third kappa shape index (κ3) is 3.09. The Bertz CT molecular complexity index is 892. The van der Waals surface area contributed by atoms with Gasteiger partial charge in [0, 0.05) is 5.56 Å². The molecule has 1 aliphatic rings. The van der Waals surface area contributed by atoms with Crippen LogP contribution in [-0.2, 0) is 4.74 Å². The van der Waals surface area contributed by atoms with Crippen LogP contribution in [0.15, 0.2) is 54.6 Å². The number of amides is 1. The minimum Gasteiger partial charge on any atom is -0.361 e. The predicted octanol–water partition coefficient (Wildman–Crippen LogP) is 2.53. The topological polar surface area (TPSA) is 73.1 Å². The second-order valence-corrected chi connectivity index (χ2v) is 6.21. The molecule has 0 aliphatic carbocycles. The third-order valence-corrected chi connectivity index (χ3v) is 4.57. The zero-order chi connectivity index (χ0) is 17.9. The molecule has 132 valence electrons. The molecule has 1 fully saturated rings. The molecule has 2 aromatic carbocycles. The first-order valence-corrected chi connectivity index (χ1v) is 8.53. The lowest BCUT2D eigenvalue weighted by molar-refractivity contribution is -0.0339. The molecule has 0 radical (unpaired) electrons. The molecule has 1 aliphatic heterocycles. The summed E-state index contributed by atoms with van der Waals surface area (Å²) in [4.78, 5) is 14.8. The molecule has 1 aromatic heterocycles. The number of hydrogen-bond acceptors (Lipinski definition) is 5. The molecular weight excluding hydrogens is 330 g/mol. The van der Waals surface area contributed by atoms with Crippen LogP contribution in [0.3, 0.4) is 0 Å². The van der Waals surface area contributed by atoms with E-state index in [0.29, 0.717) is 24.7 Å². The second-order valence-electron chi connectivity index (χ2n) is 6.21. The molecule has 2 heterocycles. The van der Waals surface area contributed by atoms with E-state index < -0.39 is 0 Å². The molecule has 0 saturated carbocycles. The Hall–Kier alpha value is -3.06. The Kier molecular flexibility index (Phi) is 4.45. The molecule has 1 saturated heterocycles. The number of rotatable bonds is 3. The van der Waals surface area contributed by atoms with Gasteiger partial charge in [-0.1, -0.05) is 30.3 Å². The number of hydrogen-bond donors (Lipinski definition) is 0. The van der Waals surface area contributed by atoms with Crippen LogP contribution in [0.4, 0.5) is 0 Å². The fraction of sp³-hybridized carbons (Fsp3) is 0.263. The summed E-state index contributed by atoms with van der Waals surface area (Å²) in [5.41, 5.74) is 2.56. The van der Waals surface area contributed by atoms with Gasteiger partial charge in [-0.2, -0.15) is 4.68 Å². The standard InChI is InChI=1S/C19H19N5O2/c1-14-20-21-22-24(14)17-9-7-16(8-10-17)19(25)23-13-26-12-11-18(23)15-5-3-2-4-6-15/h2-10,18H,11-13H2,1H3. The lowest BCUT2D eigenvalue weighted by atomic mass is 10.0. The average Bonchev–Trinajstić information content (AvgIpc) is 3.14. The number of tetrazole rings is 1. The van der Waals surface area contributed by atoms with Gasteiger partial charge in [-0.05, 0) is 53.6 Å². The quantitative estimate of drug-likeness (QED) is 0.726. The maximum absolute atomic E-state index is 13.0. The van der Waals surface area contributed by atoms with Gasteiger partial charge in [-0.3, -0.25) is 4.79 Å². The van der Waals surface area contributed by atoms with Crippen molar-refractivity contribution in [1.82, 2.24) is 25.1 Å². The molecule has 1 unspecified atom stereocenters. The first-order valence-electron chi connectivity index (χ1n) is 8.53. The summed E-state index contributed by atoms with van der Waals surface area (Å²) in [6.45, 7) is 2.78. The zero-order valence-electron chi connectivity index (χ0n) is 14.4. The minimum absolute atomic E-state index is 0.0267. The van der Waals surface area contributed by atoms with E-state index in [0.717, 1.165) is 17.7 Å². The Labute approximate surface area is 151 Å². The van der Waals surface area contributed by atoms with Crippen LogP contribution in [-0.4, -0.2) is 44.4 Å². The summed E-state index contributed by atoms with van der Waals surface area (Å²) in [5.74, 6) is 0.649. The van der Waals surface area contributed by atoms with Crippen molar-refractivity contribution in [3.8, 4) is 5.69 Å². The van der Waals surface area contributed by atoms with E-state index in [1.807, 2.05) is 37.3 Å². The highest BCUT2D eigenvalue weighted by Gasteiger charge is 2.29. The van der Waals surface area contributed by atoms with E-state index in [1.54, 1.807) is 21.7 Å². The van der Waals surface area contributed by atoms with Gasteiger partial charge < -0.3 is 9.64 Å². The maximum Gasteiger partial charge on any atom is 0.256 e. The van der Waals surface area contributed by atoms with Crippen LogP contribution >= 0.6 is 0 Å². The minimum atomic E-state index is -0.0430. The summed E-state index contributed by atoms with van der Waals surface area (Å²) >= 11 is 0. The van der Waals surface area contributed by atoms with Crippen molar-refractivity contribution in [3.05, 3.63) is 71.5 Å². The molecule has 0 spiro atoms. The number of aromatic nitrogens is 4. The highest BCUT2D eigenvalue weighted by Crippen LogP contribution is 2.29. The van der Waals surface area contributed by atoms with Crippen molar-refractivity contribution in [2.24, 2.45) is 0 Å². The van der Waals surface area contributed by atoms with E-state index in [1.165, 1.54) is 0 Å². The van der Waals surface area contributed by atoms with Crippen molar-refractivity contribution in [2.75, 3.05) is 13.3 Å².